The van der Waals surface area contributed by atoms with Crippen LogP contribution in [-0.2, 0) is 9.53 Å². The van der Waals surface area contributed by atoms with Crippen molar-refractivity contribution >= 4 is 11.9 Å². The molecule has 1 amide bonds. The number of benzene rings is 1. The summed E-state index contributed by atoms with van der Waals surface area (Å²) in [6, 6.07) is 9.43. The molecule has 0 radical (unpaired) electrons. The van der Waals surface area contributed by atoms with Gasteiger partial charge in [-0.15, -0.1) is 0 Å². The number of aromatic nitrogens is 1. The maximum absolute atomic E-state index is 12.5. The lowest BCUT2D eigenvalue weighted by atomic mass is 9.86. The quantitative estimate of drug-likeness (QED) is 0.829. The molecule has 1 N–H and O–H groups in total. The van der Waals surface area contributed by atoms with Crippen LogP contribution in [0.5, 0.6) is 0 Å². The van der Waals surface area contributed by atoms with E-state index in [1.807, 2.05) is 30.3 Å². The molecule has 6 heteroatoms. The number of nitrogens with one attached hydrogen (secondary N) is 1. The molecular formula is C20H24N2O4. The number of hydrogen-bond acceptors (Lipinski definition) is 5. The van der Waals surface area contributed by atoms with Gasteiger partial charge < -0.3 is 14.6 Å². The first-order valence-electron chi connectivity index (χ1n) is 9.04. The highest BCUT2D eigenvalue weighted by atomic mass is 16.5. The topological polar surface area (TPSA) is 81.4 Å². The molecule has 3 rings (SSSR count). The fraction of sp³-hybridized carbons (Fsp3) is 0.450. The molecule has 2 atom stereocenters. The minimum atomic E-state index is -0.602. The predicted octanol–water partition coefficient (Wildman–Crippen LogP) is 3.50. The average molecular weight is 356 g/mol. The van der Waals surface area contributed by atoms with E-state index in [1.54, 1.807) is 6.92 Å². The maximum atomic E-state index is 12.5. The van der Waals surface area contributed by atoms with Gasteiger partial charge in [0.25, 0.3) is 5.91 Å². The van der Waals surface area contributed by atoms with Gasteiger partial charge in [-0.2, -0.15) is 0 Å². The van der Waals surface area contributed by atoms with E-state index >= 15 is 0 Å². The summed E-state index contributed by atoms with van der Waals surface area (Å²) in [5, 5.41) is 6.94. The summed E-state index contributed by atoms with van der Waals surface area (Å²) in [7, 11) is 0. The van der Waals surface area contributed by atoms with Crippen molar-refractivity contribution in [1.29, 1.82) is 0 Å². The van der Waals surface area contributed by atoms with Gasteiger partial charge in [0, 0.05) is 11.6 Å². The van der Waals surface area contributed by atoms with E-state index in [2.05, 4.69) is 17.4 Å². The van der Waals surface area contributed by atoms with Crippen LogP contribution in [0.1, 0.15) is 48.7 Å². The first-order valence-corrected chi connectivity index (χ1v) is 9.04. The van der Waals surface area contributed by atoms with Gasteiger partial charge >= 0.3 is 5.97 Å². The van der Waals surface area contributed by atoms with Gasteiger partial charge in [-0.3, -0.25) is 4.79 Å². The van der Waals surface area contributed by atoms with Gasteiger partial charge in [0.15, 0.2) is 6.61 Å². The number of rotatable bonds is 5. The molecule has 2 aromatic rings. The van der Waals surface area contributed by atoms with Gasteiger partial charge in [0.1, 0.15) is 17.0 Å². The van der Waals surface area contributed by atoms with E-state index in [9.17, 15) is 9.59 Å². The molecular weight excluding hydrogens is 332 g/mol. The Morgan fingerprint density at radius 3 is 2.69 bits per heavy atom. The summed E-state index contributed by atoms with van der Waals surface area (Å²) in [6.07, 6.45) is 4.42. The van der Waals surface area contributed by atoms with Gasteiger partial charge in [-0.1, -0.05) is 55.3 Å². The molecule has 0 saturated heterocycles. The molecule has 0 bridgehead atoms. The molecule has 1 aromatic heterocycles. The summed E-state index contributed by atoms with van der Waals surface area (Å²) in [5.74, 6) is -0.0505. The zero-order valence-electron chi connectivity index (χ0n) is 15.2. The zero-order valence-corrected chi connectivity index (χ0v) is 15.2. The highest BCUT2D eigenvalue weighted by Crippen LogP contribution is 2.26. The Balaban J connectivity index is 1.62. The molecule has 1 aliphatic rings. The Morgan fingerprint density at radius 2 is 1.96 bits per heavy atom. The first kappa shape index (κ1) is 18.2. The van der Waals surface area contributed by atoms with E-state index in [4.69, 9.17) is 9.26 Å². The number of esters is 1. The van der Waals surface area contributed by atoms with Crippen molar-refractivity contribution in [1.82, 2.24) is 10.5 Å². The SMILES string of the molecule is Cc1onc(-c2ccccc2)c1C(=O)OCC(=O)N[C@H]1CCCC[C@@H]1C. The molecule has 6 nitrogen and oxygen atoms in total. The van der Waals surface area contributed by atoms with Crippen LogP contribution in [0.15, 0.2) is 34.9 Å². The Kier molecular flexibility index (Phi) is 5.71. The summed E-state index contributed by atoms with van der Waals surface area (Å²) < 4.78 is 10.4. The summed E-state index contributed by atoms with van der Waals surface area (Å²) >= 11 is 0. The fourth-order valence-corrected chi connectivity index (χ4v) is 3.39. The minimum Gasteiger partial charge on any atom is -0.452 e. The Hall–Kier alpha value is -2.63. The third-order valence-corrected chi connectivity index (χ3v) is 4.91. The number of nitrogens with zero attached hydrogens (tertiary/aromatic N) is 1. The Labute approximate surface area is 152 Å². The molecule has 0 unspecified atom stereocenters. The average Bonchev–Trinajstić information content (AvgIpc) is 3.04. The first-order chi connectivity index (χ1) is 12.6. The third kappa shape index (κ3) is 4.12. The number of carbonyl (C=O) groups is 2. The van der Waals surface area contributed by atoms with Gasteiger partial charge in [-0.05, 0) is 25.7 Å². The lowest BCUT2D eigenvalue weighted by Crippen LogP contribution is -2.42. The number of amides is 1. The number of hydrogen-bond donors (Lipinski definition) is 1. The van der Waals surface area contributed by atoms with Crippen molar-refractivity contribution in [3.05, 3.63) is 41.7 Å². The molecule has 1 heterocycles. The lowest BCUT2D eigenvalue weighted by Gasteiger charge is -2.29. The van der Waals surface area contributed by atoms with Crippen LogP contribution < -0.4 is 5.32 Å². The van der Waals surface area contributed by atoms with Crippen LogP contribution in [-0.4, -0.2) is 29.7 Å². The summed E-state index contributed by atoms with van der Waals surface area (Å²) in [5.41, 5.74) is 1.45. The highest BCUT2D eigenvalue weighted by molar-refractivity contribution is 5.98. The summed E-state index contributed by atoms with van der Waals surface area (Å²) in [6.45, 7) is 3.49. The van der Waals surface area contributed by atoms with Gasteiger partial charge in [0.05, 0.1) is 0 Å². The second-order valence-corrected chi connectivity index (χ2v) is 6.84. The van der Waals surface area contributed by atoms with Crippen molar-refractivity contribution in [2.75, 3.05) is 6.61 Å². The van der Waals surface area contributed by atoms with Crippen LogP contribution in [0.2, 0.25) is 0 Å². The number of aryl methyl sites for hydroxylation is 1. The molecule has 0 aliphatic heterocycles. The van der Waals surface area contributed by atoms with Crippen molar-refractivity contribution in [3.63, 3.8) is 0 Å². The van der Waals surface area contributed by atoms with E-state index in [1.165, 1.54) is 6.42 Å². The second kappa shape index (κ2) is 8.17. The largest absolute Gasteiger partial charge is 0.452 e. The predicted molar refractivity (Wildman–Crippen MR) is 96.5 cm³/mol. The van der Waals surface area contributed by atoms with Crippen LogP contribution in [0.4, 0.5) is 0 Å². The normalized spacial score (nSPS) is 19.8. The molecule has 1 fully saturated rings. The van der Waals surface area contributed by atoms with Crippen molar-refractivity contribution in [3.8, 4) is 11.3 Å². The lowest BCUT2D eigenvalue weighted by molar-refractivity contribution is -0.125. The van der Waals surface area contributed by atoms with Crippen LogP contribution in [0.25, 0.3) is 11.3 Å². The molecule has 138 valence electrons. The standard InChI is InChI=1S/C20H24N2O4/c1-13-8-6-7-11-16(13)21-17(23)12-25-20(24)18-14(2)26-22-19(18)15-9-4-3-5-10-15/h3-5,9-10,13,16H,6-8,11-12H2,1-2H3,(H,21,23)/t13-,16-/m0/s1. The molecule has 1 aromatic carbocycles. The van der Waals surface area contributed by atoms with Gasteiger partial charge in [0.2, 0.25) is 0 Å². The molecule has 1 aliphatic carbocycles. The van der Waals surface area contributed by atoms with E-state index in [-0.39, 0.29) is 24.1 Å². The minimum absolute atomic E-state index is 0.159. The smallest absolute Gasteiger partial charge is 0.344 e. The van der Waals surface area contributed by atoms with E-state index in [0.29, 0.717) is 17.4 Å². The third-order valence-electron chi connectivity index (χ3n) is 4.91. The highest BCUT2D eigenvalue weighted by Gasteiger charge is 2.25. The van der Waals surface area contributed by atoms with Crippen molar-refractivity contribution in [2.45, 2.75) is 45.6 Å². The maximum Gasteiger partial charge on any atom is 0.344 e. The van der Waals surface area contributed by atoms with Crippen LogP contribution >= 0.6 is 0 Å². The number of ether oxygens (including phenoxy) is 1. The van der Waals surface area contributed by atoms with E-state index in [0.717, 1.165) is 24.8 Å². The fourth-order valence-electron chi connectivity index (χ4n) is 3.39. The summed E-state index contributed by atoms with van der Waals surface area (Å²) in [4.78, 5) is 24.6. The number of carbonyl (C=O) groups excluding carboxylic acids is 2. The van der Waals surface area contributed by atoms with E-state index < -0.39 is 5.97 Å². The molecule has 0 spiro atoms. The second-order valence-electron chi connectivity index (χ2n) is 6.84. The Morgan fingerprint density at radius 1 is 1.23 bits per heavy atom. The van der Waals surface area contributed by atoms with Crippen molar-refractivity contribution < 1.29 is 18.8 Å². The van der Waals surface area contributed by atoms with Crippen LogP contribution in [0, 0.1) is 12.8 Å². The zero-order chi connectivity index (χ0) is 18.5. The molecule has 1 saturated carbocycles. The van der Waals surface area contributed by atoms with Crippen LogP contribution in [0.3, 0.4) is 0 Å². The van der Waals surface area contributed by atoms with Gasteiger partial charge in [-0.25, -0.2) is 4.79 Å². The monoisotopic (exact) mass is 356 g/mol. The van der Waals surface area contributed by atoms with Crippen molar-refractivity contribution in [2.24, 2.45) is 5.92 Å². The Bertz CT molecular complexity index is 769. The molecule has 26 heavy (non-hydrogen) atoms.